The van der Waals surface area contributed by atoms with Crippen LogP contribution < -0.4 is 0 Å². The number of H-pyrrole nitrogens is 1. The summed E-state index contributed by atoms with van der Waals surface area (Å²) >= 11 is 0. The van der Waals surface area contributed by atoms with Crippen LogP contribution in [0.1, 0.15) is 41.0 Å². The number of aromatic amines is 1. The average Bonchev–Trinajstić information content (AvgIpc) is 3.30. The number of para-hydroxylation sites is 1. The third kappa shape index (κ3) is 3.04. The first-order chi connectivity index (χ1) is 12.8. The molecule has 0 aliphatic rings. The molecule has 0 radical (unpaired) electrons. The van der Waals surface area contributed by atoms with Crippen molar-refractivity contribution < 1.29 is 4.79 Å². The van der Waals surface area contributed by atoms with E-state index >= 15 is 0 Å². The van der Waals surface area contributed by atoms with Crippen molar-refractivity contribution >= 4 is 16.7 Å². The molecule has 26 heavy (non-hydrogen) atoms. The zero-order chi connectivity index (χ0) is 17.9. The number of nitrogens with zero attached hydrogens (tertiary/aromatic N) is 3. The van der Waals surface area contributed by atoms with Crippen LogP contribution in [-0.2, 0) is 6.42 Å². The van der Waals surface area contributed by atoms with Crippen molar-refractivity contribution in [2.75, 3.05) is 0 Å². The number of aromatic nitrogens is 4. The molecule has 1 atom stereocenters. The molecule has 0 aliphatic heterocycles. The van der Waals surface area contributed by atoms with E-state index in [9.17, 15) is 4.79 Å². The maximum absolute atomic E-state index is 12.7. The fourth-order valence-corrected chi connectivity index (χ4v) is 3.33. The van der Waals surface area contributed by atoms with Gasteiger partial charge < -0.3 is 0 Å². The predicted molar refractivity (Wildman–Crippen MR) is 101 cm³/mol. The number of fused-ring (bicyclic) bond motifs is 1. The fraction of sp³-hybridized carbons (Fsp3) is 0.190. The molecule has 4 rings (SSSR count). The molecule has 130 valence electrons. The molecular formula is C21H20N4O. The zero-order valence-corrected chi connectivity index (χ0v) is 14.6. The van der Waals surface area contributed by atoms with E-state index in [1.54, 1.807) is 6.20 Å². The van der Waals surface area contributed by atoms with Crippen LogP contribution in [0.5, 0.6) is 0 Å². The van der Waals surface area contributed by atoms with E-state index in [1.165, 1.54) is 5.56 Å². The van der Waals surface area contributed by atoms with Gasteiger partial charge in [-0.3, -0.25) is 14.6 Å². The summed E-state index contributed by atoms with van der Waals surface area (Å²) in [7, 11) is 0. The summed E-state index contributed by atoms with van der Waals surface area (Å²) in [6.45, 7) is 2.14. The first kappa shape index (κ1) is 16.3. The molecule has 0 amide bonds. The number of Topliss-reactive ketones (excluding diaryl/α,β-unsaturated/α-hetero) is 1. The van der Waals surface area contributed by atoms with E-state index in [0.29, 0.717) is 12.1 Å². The first-order valence-electron chi connectivity index (χ1n) is 8.80. The number of benzene rings is 2. The second-order valence-corrected chi connectivity index (χ2v) is 6.38. The Morgan fingerprint density at radius 2 is 1.88 bits per heavy atom. The van der Waals surface area contributed by atoms with Crippen LogP contribution in [0.15, 0.2) is 67.0 Å². The number of carbonyl (C=O) groups excluding carboxylic acids is 1. The number of hydrogen-bond donors (Lipinski definition) is 1. The second kappa shape index (κ2) is 6.96. The van der Waals surface area contributed by atoms with Crippen LogP contribution in [0.4, 0.5) is 0 Å². The van der Waals surface area contributed by atoms with Crippen molar-refractivity contribution in [3.8, 4) is 0 Å². The summed E-state index contributed by atoms with van der Waals surface area (Å²) in [6, 6.07) is 18.1. The number of nitrogens with one attached hydrogen (secondary N) is 1. The Hall–Kier alpha value is -3.21. The summed E-state index contributed by atoms with van der Waals surface area (Å²) in [5.41, 5.74) is 3.48. The minimum absolute atomic E-state index is 0.00485. The van der Waals surface area contributed by atoms with Crippen molar-refractivity contribution in [3.63, 3.8) is 0 Å². The fourth-order valence-electron chi connectivity index (χ4n) is 3.33. The molecule has 0 saturated heterocycles. The summed E-state index contributed by atoms with van der Waals surface area (Å²) < 4.78 is 1.95. The molecule has 2 heterocycles. The normalized spacial score (nSPS) is 12.3. The second-order valence-electron chi connectivity index (χ2n) is 6.38. The van der Waals surface area contributed by atoms with Gasteiger partial charge in [0.15, 0.2) is 5.78 Å². The summed E-state index contributed by atoms with van der Waals surface area (Å²) in [5.74, 6) is -0.00485. The third-order valence-corrected chi connectivity index (χ3v) is 4.64. The van der Waals surface area contributed by atoms with Gasteiger partial charge in [0.05, 0.1) is 17.8 Å². The Morgan fingerprint density at radius 1 is 1.12 bits per heavy atom. The molecule has 0 aliphatic carbocycles. The number of rotatable bonds is 6. The summed E-state index contributed by atoms with van der Waals surface area (Å²) in [6.07, 6.45) is 4.97. The van der Waals surface area contributed by atoms with Crippen LogP contribution in [0, 0.1) is 0 Å². The van der Waals surface area contributed by atoms with Gasteiger partial charge in [0.1, 0.15) is 5.69 Å². The molecule has 0 bridgehead atoms. The molecular weight excluding hydrogens is 324 g/mol. The number of ketones is 1. The standard InChI is InChI=1S/C21H20N4O/c1-2-19(16-8-4-3-5-9-16)25-14-15(13-22-25)12-20(26)21-17-10-6-7-11-18(17)23-24-21/h3-11,13-14,19H,2,12H2,1H3,(H,23,24)/t19-/m1/s1. The van der Waals surface area contributed by atoms with Gasteiger partial charge in [0.25, 0.3) is 0 Å². The monoisotopic (exact) mass is 344 g/mol. The van der Waals surface area contributed by atoms with Gasteiger partial charge in [-0.1, -0.05) is 55.5 Å². The van der Waals surface area contributed by atoms with Crippen molar-refractivity contribution in [1.29, 1.82) is 0 Å². The smallest absolute Gasteiger partial charge is 0.188 e. The lowest BCUT2D eigenvalue weighted by atomic mass is 10.0. The topological polar surface area (TPSA) is 63.6 Å². The van der Waals surface area contributed by atoms with Gasteiger partial charge in [-0.15, -0.1) is 0 Å². The van der Waals surface area contributed by atoms with E-state index in [4.69, 9.17) is 0 Å². The number of carbonyl (C=O) groups is 1. The van der Waals surface area contributed by atoms with Gasteiger partial charge in [-0.05, 0) is 23.6 Å². The Balaban J connectivity index is 1.56. The van der Waals surface area contributed by atoms with Crippen molar-refractivity contribution in [2.45, 2.75) is 25.8 Å². The minimum Gasteiger partial charge on any atom is -0.292 e. The van der Waals surface area contributed by atoms with Gasteiger partial charge in [0.2, 0.25) is 0 Å². The maximum Gasteiger partial charge on any atom is 0.188 e. The van der Waals surface area contributed by atoms with Gasteiger partial charge >= 0.3 is 0 Å². The largest absolute Gasteiger partial charge is 0.292 e. The molecule has 5 nitrogen and oxygen atoms in total. The van der Waals surface area contributed by atoms with Gasteiger partial charge in [-0.25, -0.2) is 0 Å². The Bertz CT molecular complexity index is 1030. The van der Waals surface area contributed by atoms with E-state index in [1.807, 2.05) is 53.3 Å². The highest BCUT2D eigenvalue weighted by Crippen LogP contribution is 2.22. The maximum atomic E-state index is 12.7. The number of hydrogen-bond acceptors (Lipinski definition) is 3. The van der Waals surface area contributed by atoms with E-state index in [2.05, 4.69) is 34.4 Å². The van der Waals surface area contributed by atoms with Crippen molar-refractivity contribution in [2.24, 2.45) is 0 Å². The highest BCUT2D eigenvalue weighted by Gasteiger charge is 2.17. The first-order valence-corrected chi connectivity index (χ1v) is 8.80. The molecule has 0 spiro atoms. The quantitative estimate of drug-likeness (QED) is 0.534. The SMILES string of the molecule is CC[C@H](c1ccccc1)n1cc(CC(=O)c2n[nH]c3ccccc23)cn1. The van der Waals surface area contributed by atoms with Crippen LogP contribution in [0.25, 0.3) is 10.9 Å². The summed E-state index contributed by atoms with van der Waals surface area (Å²) in [5, 5.41) is 12.5. The third-order valence-electron chi connectivity index (χ3n) is 4.64. The summed E-state index contributed by atoms with van der Waals surface area (Å²) in [4.78, 5) is 12.7. The van der Waals surface area contributed by atoms with Crippen LogP contribution in [0.3, 0.4) is 0 Å². The zero-order valence-electron chi connectivity index (χ0n) is 14.6. The van der Waals surface area contributed by atoms with Crippen molar-refractivity contribution in [3.05, 3.63) is 83.8 Å². The lowest BCUT2D eigenvalue weighted by Crippen LogP contribution is -2.10. The van der Waals surface area contributed by atoms with Crippen LogP contribution in [0.2, 0.25) is 0 Å². The molecule has 5 heteroatoms. The van der Waals surface area contributed by atoms with Gasteiger partial charge in [0, 0.05) is 18.0 Å². The lowest BCUT2D eigenvalue weighted by Gasteiger charge is -2.15. The molecule has 0 fully saturated rings. The highest BCUT2D eigenvalue weighted by molar-refractivity contribution is 6.06. The Morgan fingerprint density at radius 3 is 2.69 bits per heavy atom. The lowest BCUT2D eigenvalue weighted by molar-refractivity contribution is 0.0989. The molecule has 0 saturated carbocycles. The molecule has 2 aromatic carbocycles. The predicted octanol–water partition coefficient (Wildman–Crippen LogP) is 4.18. The molecule has 2 aromatic heterocycles. The van der Waals surface area contributed by atoms with E-state index < -0.39 is 0 Å². The molecule has 1 N–H and O–H groups in total. The highest BCUT2D eigenvalue weighted by atomic mass is 16.1. The molecule has 4 aromatic rings. The minimum atomic E-state index is -0.00485. The van der Waals surface area contributed by atoms with Gasteiger partial charge in [-0.2, -0.15) is 10.2 Å². The van der Waals surface area contributed by atoms with Crippen LogP contribution >= 0.6 is 0 Å². The Labute approximate surface area is 151 Å². The Kier molecular flexibility index (Phi) is 4.35. The average molecular weight is 344 g/mol. The van der Waals surface area contributed by atoms with Crippen LogP contribution in [-0.4, -0.2) is 25.8 Å². The van der Waals surface area contributed by atoms with E-state index in [0.717, 1.165) is 22.9 Å². The van der Waals surface area contributed by atoms with E-state index in [-0.39, 0.29) is 11.8 Å². The molecule has 0 unspecified atom stereocenters. The van der Waals surface area contributed by atoms with Crippen molar-refractivity contribution in [1.82, 2.24) is 20.0 Å².